The lowest BCUT2D eigenvalue weighted by Gasteiger charge is -2.11. The Morgan fingerprint density at radius 3 is 2.70 bits per heavy atom. The highest BCUT2D eigenvalue weighted by Crippen LogP contribution is 2.24. The average molecular weight is 319 g/mol. The van der Waals surface area contributed by atoms with Gasteiger partial charge < -0.3 is 9.84 Å². The van der Waals surface area contributed by atoms with Crippen LogP contribution in [0.2, 0.25) is 0 Å². The van der Waals surface area contributed by atoms with E-state index in [-0.39, 0.29) is 16.2 Å². The molecule has 0 radical (unpaired) electrons. The Kier molecular flexibility index (Phi) is 6.31. The van der Waals surface area contributed by atoms with Gasteiger partial charge in [0, 0.05) is 6.54 Å². The van der Waals surface area contributed by atoms with Crippen molar-refractivity contribution in [2.45, 2.75) is 11.3 Å². The van der Waals surface area contributed by atoms with Gasteiger partial charge in [0.15, 0.2) is 0 Å². The van der Waals surface area contributed by atoms with E-state index in [9.17, 15) is 13.2 Å². The molecule has 6 nitrogen and oxygen atoms in total. The summed E-state index contributed by atoms with van der Waals surface area (Å²) in [6.07, 6.45) is 2.63. The number of rotatable bonds is 8. The van der Waals surface area contributed by atoms with E-state index in [0.29, 0.717) is 13.0 Å². The fraction of sp³-hybridized carbons (Fsp3) is 0.417. The van der Waals surface area contributed by atoms with Crippen LogP contribution in [0.1, 0.15) is 16.8 Å². The number of thioether (sulfide) groups is 1. The number of hydrogen-bond acceptors (Lipinski definition) is 5. The van der Waals surface area contributed by atoms with Crippen molar-refractivity contribution >= 4 is 27.8 Å². The zero-order valence-corrected chi connectivity index (χ0v) is 12.9. The lowest BCUT2D eigenvalue weighted by Crippen LogP contribution is -2.26. The number of aromatic carboxylic acids is 1. The van der Waals surface area contributed by atoms with Gasteiger partial charge in [-0.2, -0.15) is 11.8 Å². The van der Waals surface area contributed by atoms with Gasteiger partial charge in [0.05, 0.1) is 12.7 Å². The Bertz CT molecular complexity index is 571. The van der Waals surface area contributed by atoms with Crippen LogP contribution in [0.15, 0.2) is 23.1 Å². The van der Waals surface area contributed by atoms with E-state index in [4.69, 9.17) is 9.84 Å². The first-order valence-corrected chi connectivity index (χ1v) is 8.70. The molecule has 0 aromatic heterocycles. The van der Waals surface area contributed by atoms with Crippen molar-refractivity contribution in [3.63, 3.8) is 0 Å². The van der Waals surface area contributed by atoms with Gasteiger partial charge in [-0.15, -0.1) is 0 Å². The first-order chi connectivity index (χ1) is 9.42. The van der Waals surface area contributed by atoms with Crippen LogP contribution in [-0.2, 0) is 10.0 Å². The molecule has 0 saturated heterocycles. The summed E-state index contributed by atoms with van der Waals surface area (Å²) in [6, 6.07) is 3.73. The van der Waals surface area contributed by atoms with E-state index < -0.39 is 16.0 Å². The van der Waals surface area contributed by atoms with Crippen LogP contribution in [0.5, 0.6) is 5.75 Å². The molecule has 1 aromatic rings. The molecule has 112 valence electrons. The molecule has 0 bridgehead atoms. The van der Waals surface area contributed by atoms with Crippen LogP contribution < -0.4 is 9.46 Å². The zero-order chi connectivity index (χ0) is 15.2. The third kappa shape index (κ3) is 4.39. The molecule has 0 atom stereocenters. The zero-order valence-electron chi connectivity index (χ0n) is 11.3. The van der Waals surface area contributed by atoms with Crippen LogP contribution in [-0.4, -0.2) is 45.2 Å². The molecule has 8 heteroatoms. The molecule has 0 unspecified atom stereocenters. The molecule has 0 aliphatic heterocycles. The molecule has 0 amide bonds. The quantitative estimate of drug-likeness (QED) is 0.704. The second-order valence-corrected chi connectivity index (χ2v) is 6.64. The minimum absolute atomic E-state index is 0.102. The van der Waals surface area contributed by atoms with E-state index in [2.05, 4.69) is 4.72 Å². The van der Waals surface area contributed by atoms with Crippen LogP contribution in [0.25, 0.3) is 0 Å². The molecule has 0 heterocycles. The van der Waals surface area contributed by atoms with Gasteiger partial charge in [0.1, 0.15) is 10.6 Å². The highest BCUT2D eigenvalue weighted by Gasteiger charge is 2.21. The monoisotopic (exact) mass is 319 g/mol. The minimum Gasteiger partial charge on any atom is -0.495 e. The molecule has 0 aliphatic carbocycles. The number of nitrogens with one attached hydrogen (secondary N) is 1. The lowest BCUT2D eigenvalue weighted by atomic mass is 10.2. The summed E-state index contributed by atoms with van der Waals surface area (Å²) in [4.78, 5) is 10.8. The van der Waals surface area contributed by atoms with Gasteiger partial charge in [-0.05, 0) is 36.6 Å². The van der Waals surface area contributed by atoms with Gasteiger partial charge in [0.2, 0.25) is 10.0 Å². The van der Waals surface area contributed by atoms with Gasteiger partial charge in [0.25, 0.3) is 0 Å². The second kappa shape index (κ2) is 7.51. The summed E-state index contributed by atoms with van der Waals surface area (Å²) < 4.78 is 31.7. The molecule has 2 N–H and O–H groups in total. The number of carboxylic acid groups (broad SMARTS) is 1. The molecule has 20 heavy (non-hydrogen) atoms. The SMILES string of the molecule is COc1ccc(C(=O)O)cc1S(=O)(=O)NCCCSC. The van der Waals surface area contributed by atoms with E-state index in [1.807, 2.05) is 6.26 Å². The highest BCUT2D eigenvalue weighted by molar-refractivity contribution is 7.98. The Morgan fingerprint density at radius 1 is 1.45 bits per heavy atom. The third-order valence-corrected chi connectivity index (χ3v) is 4.70. The van der Waals surface area contributed by atoms with Crippen molar-refractivity contribution < 1.29 is 23.1 Å². The average Bonchev–Trinajstić information content (AvgIpc) is 2.42. The van der Waals surface area contributed by atoms with Gasteiger partial charge in [-0.3, -0.25) is 0 Å². The van der Waals surface area contributed by atoms with Crippen LogP contribution in [0.4, 0.5) is 0 Å². The number of carbonyl (C=O) groups is 1. The van der Waals surface area contributed by atoms with Crippen molar-refractivity contribution in [1.82, 2.24) is 4.72 Å². The molecular weight excluding hydrogens is 302 g/mol. The summed E-state index contributed by atoms with van der Waals surface area (Å²) in [6.45, 7) is 0.295. The number of ether oxygens (including phenoxy) is 1. The van der Waals surface area contributed by atoms with Crippen molar-refractivity contribution in [3.8, 4) is 5.75 Å². The number of methoxy groups -OCH3 is 1. The van der Waals surface area contributed by atoms with Crippen molar-refractivity contribution in [1.29, 1.82) is 0 Å². The standard InChI is InChI=1S/C12H17NO5S2/c1-18-10-5-4-9(12(14)15)8-11(10)20(16,17)13-6-3-7-19-2/h4-5,8,13H,3,6-7H2,1-2H3,(H,14,15). The van der Waals surface area contributed by atoms with Crippen LogP contribution in [0.3, 0.4) is 0 Å². The Labute approximate surface area is 122 Å². The van der Waals surface area contributed by atoms with Crippen LogP contribution >= 0.6 is 11.8 Å². The largest absolute Gasteiger partial charge is 0.495 e. The smallest absolute Gasteiger partial charge is 0.335 e. The van der Waals surface area contributed by atoms with Gasteiger partial charge >= 0.3 is 5.97 Å². The number of hydrogen-bond donors (Lipinski definition) is 2. The Morgan fingerprint density at radius 2 is 2.15 bits per heavy atom. The van der Waals surface area contributed by atoms with Crippen molar-refractivity contribution in [3.05, 3.63) is 23.8 Å². The summed E-state index contributed by atoms with van der Waals surface area (Å²) >= 11 is 1.62. The van der Waals surface area contributed by atoms with E-state index in [0.717, 1.165) is 11.8 Å². The second-order valence-electron chi connectivity index (χ2n) is 3.91. The minimum atomic E-state index is -3.79. The topological polar surface area (TPSA) is 92.7 Å². The van der Waals surface area contributed by atoms with Crippen molar-refractivity contribution in [2.75, 3.05) is 25.7 Å². The Balaban J connectivity index is 3.02. The molecule has 0 aliphatic rings. The maximum atomic E-state index is 12.2. The van der Waals surface area contributed by atoms with Crippen molar-refractivity contribution in [2.24, 2.45) is 0 Å². The normalized spacial score (nSPS) is 11.3. The van der Waals surface area contributed by atoms with Gasteiger partial charge in [-0.1, -0.05) is 0 Å². The summed E-state index contributed by atoms with van der Waals surface area (Å²) in [7, 11) is -2.45. The molecule has 0 saturated carbocycles. The highest BCUT2D eigenvalue weighted by atomic mass is 32.2. The number of sulfonamides is 1. The maximum Gasteiger partial charge on any atom is 0.335 e. The van der Waals surface area contributed by atoms with E-state index in [1.54, 1.807) is 11.8 Å². The summed E-state index contributed by atoms with van der Waals surface area (Å²) in [5.41, 5.74) is -0.102. The molecule has 1 aromatic carbocycles. The van der Waals surface area contributed by atoms with E-state index >= 15 is 0 Å². The summed E-state index contributed by atoms with van der Waals surface area (Å²) in [5, 5.41) is 8.93. The fourth-order valence-electron chi connectivity index (χ4n) is 1.52. The lowest BCUT2D eigenvalue weighted by molar-refractivity contribution is 0.0696. The molecule has 1 rings (SSSR count). The predicted octanol–water partition coefficient (Wildman–Crippen LogP) is 1.42. The number of benzene rings is 1. The summed E-state index contributed by atoms with van der Waals surface area (Å²) in [5.74, 6) is -0.228. The third-order valence-electron chi connectivity index (χ3n) is 2.52. The van der Waals surface area contributed by atoms with E-state index in [1.165, 1.54) is 19.2 Å². The first kappa shape index (κ1) is 16.8. The number of carboxylic acids is 1. The maximum absolute atomic E-state index is 12.2. The predicted molar refractivity (Wildman–Crippen MR) is 78.1 cm³/mol. The Hall–Kier alpha value is -1.25. The van der Waals surface area contributed by atoms with Gasteiger partial charge in [-0.25, -0.2) is 17.9 Å². The van der Waals surface area contributed by atoms with Crippen LogP contribution in [0, 0.1) is 0 Å². The molecule has 0 spiro atoms. The molecule has 0 fully saturated rings. The first-order valence-electron chi connectivity index (χ1n) is 5.82. The fourth-order valence-corrected chi connectivity index (χ4v) is 3.22. The molecular formula is C12H17NO5S2.